The number of aromatic nitrogens is 2. The SMILES string of the molecule is Fc1ccc(Nc2ccncn2)cc1Cl. The number of halogens is 2. The van der Waals surface area contributed by atoms with Gasteiger partial charge in [-0.25, -0.2) is 14.4 Å². The van der Waals surface area contributed by atoms with Crippen molar-refractivity contribution in [1.82, 2.24) is 9.97 Å². The van der Waals surface area contributed by atoms with Gasteiger partial charge in [0.05, 0.1) is 5.02 Å². The van der Waals surface area contributed by atoms with Gasteiger partial charge >= 0.3 is 0 Å². The highest BCUT2D eigenvalue weighted by Crippen LogP contribution is 2.21. The smallest absolute Gasteiger partial charge is 0.141 e. The minimum atomic E-state index is -0.440. The van der Waals surface area contributed by atoms with Gasteiger partial charge in [-0.3, -0.25) is 0 Å². The molecule has 0 aliphatic heterocycles. The van der Waals surface area contributed by atoms with E-state index in [0.717, 1.165) is 0 Å². The lowest BCUT2D eigenvalue weighted by Crippen LogP contribution is -1.93. The second-order valence-electron chi connectivity index (χ2n) is 2.85. The summed E-state index contributed by atoms with van der Waals surface area (Å²) in [6.07, 6.45) is 3.04. The maximum atomic E-state index is 12.9. The highest BCUT2D eigenvalue weighted by Gasteiger charge is 2.01. The van der Waals surface area contributed by atoms with Crippen LogP contribution in [0.15, 0.2) is 36.8 Å². The summed E-state index contributed by atoms with van der Waals surface area (Å²) < 4.78 is 12.9. The largest absolute Gasteiger partial charge is 0.340 e. The number of hydrogen-bond acceptors (Lipinski definition) is 3. The lowest BCUT2D eigenvalue weighted by molar-refractivity contribution is 0.628. The predicted octanol–water partition coefficient (Wildman–Crippen LogP) is 3.01. The highest BCUT2D eigenvalue weighted by molar-refractivity contribution is 6.31. The summed E-state index contributed by atoms with van der Waals surface area (Å²) in [5.74, 6) is 0.192. The predicted molar refractivity (Wildman–Crippen MR) is 56.7 cm³/mol. The van der Waals surface area contributed by atoms with Crippen LogP contribution in [0.5, 0.6) is 0 Å². The molecule has 1 N–H and O–H groups in total. The van der Waals surface area contributed by atoms with E-state index in [9.17, 15) is 4.39 Å². The number of rotatable bonds is 2. The molecule has 3 nitrogen and oxygen atoms in total. The van der Waals surface area contributed by atoms with E-state index >= 15 is 0 Å². The first-order chi connectivity index (χ1) is 7.25. The second kappa shape index (κ2) is 4.23. The van der Waals surface area contributed by atoms with Crippen LogP contribution >= 0.6 is 11.6 Å². The summed E-state index contributed by atoms with van der Waals surface area (Å²) in [6, 6.07) is 6.09. The third-order valence-corrected chi connectivity index (χ3v) is 2.06. The maximum absolute atomic E-state index is 12.9. The fourth-order valence-electron chi connectivity index (χ4n) is 1.09. The van der Waals surface area contributed by atoms with Gasteiger partial charge in [0.1, 0.15) is 18.0 Å². The van der Waals surface area contributed by atoms with Crippen LogP contribution in [-0.4, -0.2) is 9.97 Å². The van der Waals surface area contributed by atoms with Crippen LogP contribution < -0.4 is 5.32 Å². The first-order valence-electron chi connectivity index (χ1n) is 4.24. The second-order valence-corrected chi connectivity index (χ2v) is 3.26. The normalized spacial score (nSPS) is 10.0. The van der Waals surface area contributed by atoms with Gasteiger partial charge in [-0.15, -0.1) is 0 Å². The molecule has 0 saturated heterocycles. The molecule has 76 valence electrons. The van der Waals surface area contributed by atoms with Gasteiger partial charge in [0.2, 0.25) is 0 Å². The van der Waals surface area contributed by atoms with Crippen LogP contribution in [-0.2, 0) is 0 Å². The fraction of sp³-hybridized carbons (Fsp3) is 0. The summed E-state index contributed by atoms with van der Waals surface area (Å²) in [5.41, 5.74) is 0.681. The van der Waals surface area contributed by atoms with Crippen LogP contribution in [0.4, 0.5) is 15.9 Å². The third kappa shape index (κ3) is 2.41. The average Bonchev–Trinajstić information content (AvgIpc) is 2.25. The molecule has 0 radical (unpaired) electrons. The highest BCUT2D eigenvalue weighted by atomic mass is 35.5. The van der Waals surface area contributed by atoms with E-state index in [0.29, 0.717) is 11.5 Å². The van der Waals surface area contributed by atoms with Gasteiger partial charge in [-0.2, -0.15) is 0 Å². The molecule has 1 heterocycles. The lowest BCUT2D eigenvalue weighted by Gasteiger charge is -2.05. The van der Waals surface area contributed by atoms with Crippen molar-refractivity contribution in [1.29, 1.82) is 0 Å². The monoisotopic (exact) mass is 223 g/mol. The van der Waals surface area contributed by atoms with Crippen LogP contribution in [0.2, 0.25) is 5.02 Å². The van der Waals surface area contributed by atoms with Crippen LogP contribution in [0, 0.1) is 5.82 Å². The zero-order valence-electron chi connectivity index (χ0n) is 7.61. The Morgan fingerprint density at radius 2 is 2.13 bits per heavy atom. The Labute approximate surface area is 90.9 Å². The van der Waals surface area contributed by atoms with Crippen molar-refractivity contribution in [3.8, 4) is 0 Å². The molecule has 0 spiro atoms. The molecule has 0 saturated carbocycles. The zero-order chi connectivity index (χ0) is 10.7. The molecule has 0 bridgehead atoms. The molecule has 1 aromatic carbocycles. The van der Waals surface area contributed by atoms with Gasteiger partial charge < -0.3 is 5.32 Å². The van der Waals surface area contributed by atoms with Gasteiger partial charge in [0.25, 0.3) is 0 Å². The molecule has 2 aromatic rings. The average molecular weight is 224 g/mol. The van der Waals surface area contributed by atoms with E-state index in [2.05, 4.69) is 15.3 Å². The summed E-state index contributed by atoms with van der Waals surface area (Å²) in [4.78, 5) is 7.75. The fourth-order valence-corrected chi connectivity index (χ4v) is 1.27. The standard InChI is InChI=1S/C10H7ClFN3/c11-8-5-7(1-2-9(8)12)15-10-3-4-13-6-14-10/h1-6H,(H,13,14,15). The molecule has 0 aliphatic carbocycles. The van der Waals surface area contributed by atoms with Crippen LogP contribution in [0.1, 0.15) is 0 Å². The molecule has 15 heavy (non-hydrogen) atoms. The molecule has 0 fully saturated rings. The summed E-state index contributed by atoms with van der Waals surface area (Å²) in [7, 11) is 0. The van der Waals surface area contributed by atoms with Crippen LogP contribution in [0.3, 0.4) is 0 Å². The van der Waals surface area contributed by atoms with Crippen molar-refractivity contribution in [3.05, 3.63) is 47.6 Å². The molecule has 5 heteroatoms. The Kier molecular flexibility index (Phi) is 2.78. The Bertz CT molecular complexity index is 461. The first kappa shape index (κ1) is 9.86. The topological polar surface area (TPSA) is 37.8 Å². The molecule has 0 unspecified atom stereocenters. The summed E-state index contributed by atoms with van der Waals surface area (Å²) >= 11 is 5.63. The number of nitrogens with zero attached hydrogens (tertiary/aromatic N) is 2. The molecule has 2 rings (SSSR count). The minimum Gasteiger partial charge on any atom is -0.340 e. The lowest BCUT2D eigenvalue weighted by atomic mass is 10.3. The van der Waals surface area contributed by atoms with Crippen molar-refractivity contribution in [3.63, 3.8) is 0 Å². The van der Waals surface area contributed by atoms with E-state index in [4.69, 9.17) is 11.6 Å². The molecule has 0 atom stereocenters. The van der Waals surface area contributed by atoms with Gasteiger partial charge in [-0.1, -0.05) is 11.6 Å². The van der Waals surface area contributed by atoms with E-state index in [1.165, 1.54) is 18.5 Å². The van der Waals surface area contributed by atoms with E-state index < -0.39 is 5.82 Å². The zero-order valence-corrected chi connectivity index (χ0v) is 8.37. The van der Waals surface area contributed by atoms with Crippen molar-refractivity contribution in [2.75, 3.05) is 5.32 Å². The van der Waals surface area contributed by atoms with Crippen molar-refractivity contribution in [2.45, 2.75) is 0 Å². The molecule has 1 aromatic heterocycles. The number of anilines is 2. The minimum absolute atomic E-state index is 0.0778. The Hall–Kier alpha value is -1.68. The summed E-state index contributed by atoms with van der Waals surface area (Å²) in [6.45, 7) is 0. The Morgan fingerprint density at radius 1 is 1.27 bits per heavy atom. The number of hydrogen-bond donors (Lipinski definition) is 1. The van der Waals surface area contributed by atoms with E-state index in [1.807, 2.05) is 0 Å². The van der Waals surface area contributed by atoms with Crippen molar-refractivity contribution >= 4 is 23.1 Å². The quantitative estimate of drug-likeness (QED) is 0.851. The van der Waals surface area contributed by atoms with Crippen molar-refractivity contribution in [2.24, 2.45) is 0 Å². The summed E-state index contributed by atoms with van der Waals surface area (Å²) in [5, 5.41) is 3.05. The Balaban J connectivity index is 2.22. The Morgan fingerprint density at radius 3 is 2.80 bits per heavy atom. The molecular formula is C10H7ClFN3. The van der Waals surface area contributed by atoms with Crippen LogP contribution in [0.25, 0.3) is 0 Å². The van der Waals surface area contributed by atoms with E-state index in [-0.39, 0.29) is 5.02 Å². The van der Waals surface area contributed by atoms with Gasteiger partial charge in [0, 0.05) is 11.9 Å². The molecule has 0 aliphatic rings. The molecular weight excluding hydrogens is 217 g/mol. The van der Waals surface area contributed by atoms with Gasteiger partial charge in [-0.05, 0) is 24.3 Å². The maximum Gasteiger partial charge on any atom is 0.141 e. The van der Waals surface area contributed by atoms with E-state index in [1.54, 1.807) is 18.3 Å². The third-order valence-electron chi connectivity index (χ3n) is 1.77. The number of nitrogens with one attached hydrogen (secondary N) is 1. The molecule has 0 amide bonds. The van der Waals surface area contributed by atoms with Gasteiger partial charge in [0.15, 0.2) is 0 Å². The van der Waals surface area contributed by atoms with Crippen molar-refractivity contribution < 1.29 is 4.39 Å². The first-order valence-corrected chi connectivity index (χ1v) is 4.61. The number of benzene rings is 1.